The summed E-state index contributed by atoms with van der Waals surface area (Å²) in [6.07, 6.45) is 2.66. The molecule has 1 aliphatic rings. The lowest BCUT2D eigenvalue weighted by Gasteiger charge is -2.19. The van der Waals surface area contributed by atoms with Crippen LogP contribution in [-0.2, 0) is 27.2 Å². The number of halogens is 1. The first-order valence-corrected chi connectivity index (χ1v) is 9.47. The molecule has 0 N–H and O–H groups in total. The van der Waals surface area contributed by atoms with Crippen LogP contribution in [0.25, 0.3) is 0 Å². The Bertz CT molecular complexity index is 683. The minimum Gasteiger partial charge on any atom is -0.496 e. The van der Waals surface area contributed by atoms with Gasteiger partial charge in [-0.25, -0.2) is 4.79 Å². The Balaban J connectivity index is 2.42. The van der Waals surface area contributed by atoms with Crippen molar-refractivity contribution in [1.82, 2.24) is 0 Å². The van der Waals surface area contributed by atoms with Crippen LogP contribution in [0.1, 0.15) is 34.0 Å². The van der Waals surface area contributed by atoms with E-state index in [2.05, 4.69) is 22.0 Å². The number of ether oxygens (including phenoxy) is 5. The van der Waals surface area contributed by atoms with E-state index in [1.165, 1.54) is 5.57 Å². The molecule has 0 radical (unpaired) electrons. The van der Waals surface area contributed by atoms with Gasteiger partial charge in [-0.3, -0.25) is 0 Å². The summed E-state index contributed by atoms with van der Waals surface area (Å²) < 4.78 is 27.1. The van der Waals surface area contributed by atoms with Crippen molar-refractivity contribution >= 4 is 21.9 Å². The molecule has 0 atom stereocenters. The minimum absolute atomic E-state index is 0.0173. The summed E-state index contributed by atoms with van der Waals surface area (Å²) in [6, 6.07) is 0. The fourth-order valence-electron chi connectivity index (χ4n) is 2.80. The van der Waals surface area contributed by atoms with Gasteiger partial charge in [-0.2, -0.15) is 0 Å². The molecule has 0 saturated carbocycles. The zero-order valence-electron chi connectivity index (χ0n) is 15.6. The largest absolute Gasteiger partial charge is 0.496 e. The monoisotopic (exact) mass is 428 g/mol. The van der Waals surface area contributed by atoms with Crippen molar-refractivity contribution in [1.29, 1.82) is 0 Å². The third-order valence-corrected chi connectivity index (χ3v) is 5.09. The van der Waals surface area contributed by atoms with Crippen molar-refractivity contribution in [2.75, 3.05) is 39.6 Å². The lowest BCUT2D eigenvalue weighted by Crippen LogP contribution is -2.13. The molecular formula is C19H25BrO6. The second-order valence-corrected chi connectivity index (χ2v) is 6.51. The van der Waals surface area contributed by atoms with Crippen molar-refractivity contribution in [2.45, 2.75) is 26.9 Å². The maximum atomic E-state index is 12.3. The maximum Gasteiger partial charge on any atom is 0.342 e. The van der Waals surface area contributed by atoms with Gasteiger partial charge < -0.3 is 23.7 Å². The van der Waals surface area contributed by atoms with Gasteiger partial charge in [-0.05, 0) is 25.8 Å². The number of esters is 1. The highest BCUT2D eigenvalue weighted by atomic mass is 79.9. The van der Waals surface area contributed by atoms with E-state index in [-0.39, 0.29) is 19.4 Å². The lowest BCUT2D eigenvalue weighted by molar-refractivity contribution is -0.00934. The average molecular weight is 429 g/mol. The third kappa shape index (κ3) is 4.58. The molecule has 0 aromatic heterocycles. The molecule has 0 fully saturated rings. The molecule has 0 saturated heterocycles. The van der Waals surface area contributed by atoms with Crippen LogP contribution >= 0.6 is 15.9 Å². The first-order chi connectivity index (χ1) is 12.5. The van der Waals surface area contributed by atoms with Gasteiger partial charge in [0.15, 0.2) is 6.79 Å². The molecule has 0 bridgehead atoms. The quantitative estimate of drug-likeness (QED) is 0.186. The first kappa shape index (κ1) is 20.7. The fourth-order valence-corrected chi connectivity index (χ4v) is 3.03. The number of allylic oxidation sites excluding steroid dienone is 2. The van der Waals surface area contributed by atoms with Crippen molar-refractivity contribution in [3.05, 3.63) is 33.9 Å². The second kappa shape index (κ2) is 9.94. The van der Waals surface area contributed by atoms with Crippen LogP contribution in [0.4, 0.5) is 0 Å². The fraction of sp³-hybridized carbons (Fsp3) is 0.526. The summed E-state index contributed by atoms with van der Waals surface area (Å²) in [7, 11) is 3.23. The van der Waals surface area contributed by atoms with E-state index in [0.717, 1.165) is 22.0 Å². The molecule has 1 aromatic carbocycles. The molecule has 0 amide bonds. The van der Waals surface area contributed by atoms with E-state index >= 15 is 0 Å². The smallest absolute Gasteiger partial charge is 0.342 e. The van der Waals surface area contributed by atoms with Gasteiger partial charge in [0.25, 0.3) is 0 Å². The molecule has 6 nitrogen and oxygen atoms in total. The molecule has 1 heterocycles. The summed E-state index contributed by atoms with van der Waals surface area (Å²) in [6.45, 7) is 5.09. The number of alkyl halides is 1. The molecule has 7 heteroatoms. The normalized spacial score (nSPS) is 13.6. The summed E-state index contributed by atoms with van der Waals surface area (Å²) >= 11 is 3.45. The Morgan fingerprint density at radius 1 is 1.27 bits per heavy atom. The van der Waals surface area contributed by atoms with Gasteiger partial charge in [-0.1, -0.05) is 27.6 Å². The SMILES string of the molecule is COCCOCOc1c(CC=C(C)CBr)c(OC)c(C)c2c1C(=O)OC2. The number of benzene rings is 1. The minimum atomic E-state index is -0.375. The number of carbonyl (C=O) groups excluding carboxylic acids is 1. The molecule has 144 valence electrons. The zero-order valence-corrected chi connectivity index (χ0v) is 17.2. The van der Waals surface area contributed by atoms with E-state index in [0.29, 0.717) is 36.7 Å². The Morgan fingerprint density at radius 2 is 2.04 bits per heavy atom. The van der Waals surface area contributed by atoms with Gasteiger partial charge in [-0.15, -0.1) is 0 Å². The zero-order chi connectivity index (χ0) is 19.1. The molecule has 0 aliphatic carbocycles. The number of fused-ring (bicyclic) bond motifs is 1. The van der Waals surface area contributed by atoms with Gasteiger partial charge in [0.1, 0.15) is 23.7 Å². The molecule has 26 heavy (non-hydrogen) atoms. The van der Waals surface area contributed by atoms with E-state index < -0.39 is 0 Å². The van der Waals surface area contributed by atoms with Crippen LogP contribution in [0.15, 0.2) is 11.6 Å². The van der Waals surface area contributed by atoms with Crippen LogP contribution in [-0.4, -0.2) is 45.5 Å². The van der Waals surface area contributed by atoms with Gasteiger partial charge in [0.2, 0.25) is 0 Å². The van der Waals surface area contributed by atoms with Gasteiger partial charge in [0, 0.05) is 23.6 Å². The second-order valence-electron chi connectivity index (χ2n) is 5.95. The Hall–Kier alpha value is -1.57. The maximum absolute atomic E-state index is 12.3. The number of cyclic esters (lactones) is 1. The van der Waals surface area contributed by atoms with E-state index in [1.807, 2.05) is 13.8 Å². The predicted molar refractivity (Wildman–Crippen MR) is 101 cm³/mol. The highest BCUT2D eigenvalue weighted by Crippen LogP contribution is 2.42. The summed E-state index contributed by atoms with van der Waals surface area (Å²) in [5, 5.41) is 0.775. The topological polar surface area (TPSA) is 63.2 Å². The van der Waals surface area contributed by atoms with Gasteiger partial charge in [0.05, 0.1) is 20.3 Å². The highest BCUT2D eigenvalue weighted by molar-refractivity contribution is 9.09. The molecular weight excluding hydrogens is 404 g/mol. The summed E-state index contributed by atoms with van der Waals surface area (Å²) in [5.74, 6) is 0.814. The molecule has 1 aromatic rings. The lowest BCUT2D eigenvalue weighted by atomic mass is 9.95. The Labute approximate surface area is 162 Å². The highest BCUT2D eigenvalue weighted by Gasteiger charge is 2.33. The van der Waals surface area contributed by atoms with Crippen LogP contribution in [0.3, 0.4) is 0 Å². The van der Waals surface area contributed by atoms with Crippen molar-refractivity contribution in [3.8, 4) is 11.5 Å². The first-order valence-electron chi connectivity index (χ1n) is 8.35. The number of methoxy groups -OCH3 is 2. The molecule has 1 aliphatic heterocycles. The van der Waals surface area contributed by atoms with Crippen LogP contribution in [0.5, 0.6) is 11.5 Å². The summed E-state index contributed by atoms with van der Waals surface area (Å²) in [4.78, 5) is 12.3. The van der Waals surface area contributed by atoms with E-state index in [9.17, 15) is 4.79 Å². The van der Waals surface area contributed by atoms with E-state index in [4.69, 9.17) is 23.7 Å². The summed E-state index contributed by atoms with van der Waals surface area (Å²) in [5.41, 5.74) is 4.18. The predicted octanol–water partition coefficient (Wildman–Crippen LogP) is 3.56. The third-order valence-electron chi connectivity index (χ3n) is 4.21. The molecule has 0 spiro atoms. The van der Waals surface area contributed by atoms with Crippen LogP contribution in [0, 0.1) is 6.92 Å². The molecule has 0 unspecified atom stereocenters. The number of rotatable bonds is 10. The van der Waals surface area contributed by atoms with E-state index in [1.54, 1.807) is 14.2 Å². The Morgan fingerprint density at radius 3 is 2.69 bits per heavy atom. The van der Waals surface area contributed by atoms with Gasteiger partial charge >= 0.3 is 5.97 Å². The van der Waals surface area contributed by atoms with Crippen molar-refractivity contribution in [2.24, 2.45) is 0 Å². The molecule has 2 rings (SSSR count). The number of hydrogen-bond acceptors (Lipinski definition) is 6. The number of hydrogen-bond donors (Lipinski definition) is 0. The van der Waals surface area contributed by atoms with Crippen LogP contribution < -0.4 is 9.47 Å². The average Bonchev–Trinajstić information content (AvgIpc) is 3.03. The van der Waals surface area contributed by atoms with Crippen molar-refractivity contribution in [3.63, 3.8) is 0 Å². The number of carbonyl (C=O) groups is 1. The van der Waals surface area contributed by atoms with Crippen LogP contribution in [0.2, 0.25) is 0 Å². The standard InChI is InChI=1S/C19H25BrO6/c1-12(9-20)5-6-14-17(23-4)13(2)15-10-25-19(21)16(15)18(14)26-11-24-8-7-22-3/h5H,6-11H2,1-4H3. The Kier molecular flexibility index (Phi) is 7.93. The van der Waals surface area contributed by atoms with Crippen molar-refractivity contribution < 1.29 is 28.5 Å².